The van der Waals surface area contributed by atoms with Gasteiger partial charge in [0.1, 0.15) is 0 Å². The summed E-state index contributed by atoms with van der Waals surface area (Å²) in [4.78, 5) is 15.8. The summed E-state index contributed by atoms with van der Waals surface area (Å²) in [5, 5.41) is 3.50. The molecule has 2 aliphatic rings. The summed E-state index contributed by atoms with van der Waals surface area (Å²) in [7, 11) is 0. The number of rotatable bonds is 4. The van der Waals surface area contributed by atoms with Gasteiger partial charge in [-0.1, -0.05) is 17.7 Å². The Kier molecular flexibility index (Phi) is 4.97. The molecule has 0 saturated carbocycles. The number of urea groups is 1. The number of likely N-dealkylation sites (tertiary alicyclic amines) is 2. The molecule has 2 heterocycles. The van der Waals surface area contributed by atoms with Crippen LogP contribution in [0, 0.1) is 0 Å². The van der Waals surface area contributed by atoms with Gasteiger partial charge in [-0.25, -0.2) is 13.6 Å². The third kappa shape index (κ3) is 3.98. The highest BCUT2D eigenvalue weighted by Crippen LogP contribution is 2.29. The minimum absolute atomic E-state index is 0.0820. The number of alkyl halides is 2. The molecule has 1 atom stereocenters. The standard InChI is InChI=1S/C17H22ClF2N3O/c1-12-3-2-6-23(12)16(24)21-8-14-7-15(18)5-4-13(14)9-22-10-17(19,20)11-22/h4-5,7,12H,2-3,6,8-11H2,1H3,(H,21,24)/t12-/m1/s1. The summed E-state index contributed by atoms with van der Waals surface area (Å²) in [6.07, 6.45) is 2.05. The summed E-state index contributed by atoms with van der Waals surface area (Å²) in [6.45, 7) is 3.18. The Morgan fingerprint density at radius 3 is 2.75 bits per heavy atom. The summed E-state index contributed by atoms with van der Waals surface area (Å²) < 4.78 is 26.0. The molecule has 3 rings (SSSR count). The third-order valence-corrected chi connectivity index (χ3v) is 4.95. The van der Waals surface area contributed by atoms with Crippen molar-refractivity contribution in [3.05, 3.63) is 34.3 Å². The van der Waals surface area contributed by atoms with Crippen molar-refractivity contribution in [2.24, 2.45) is 0 Å². The van der Waals surface area contributed by atoms with Gasteiger partial charge in [-0.15, -0.1) is 0 Å². The van der Waals surface area contributed by atoms with Crippen LogP contribution in [0.4, 0.5) is 13.6 Å². The Morgan fingerprint density at radius 2 is 2.12 bits per heavy atom. The molecular formula is C17H22ClF2N3O. The smallest absolute Gasteiger partial charge is 0.317 e. The van der Waals surface area contributed by atoms with Gasteiger partial charge in [0.05, 0.1) is 13.1 Å². The van der Waals surface area contributed by atoms with Crippen molar-refractivity contribution in [1.82, 2.24) is 15.1 Å². The molecule has 7 heteroatoms. The molecule has 2 amide bonds. The number of hydrogen-bond acceptors (Lipinski definition) is 2. The second-order valence-electron chi connectivity index (χ2n) is 6.76. The van der Waals surface area contributed by atoms with Crippen molar-refractivity contribution in [3.63, 3.8) is 0 Å². The number of nitrogens with zero attached hydrogens (tertiary/aromatic N) is 2. The van der Waals surface area contributed by atoms with Crippen LogP contribution in [0.5, 0.6) is 0 Å². The SMILES string of the molecule is C[C@@H]1CCCN1C(=O)NCc1cc(Cl)ccc1CN1CC(F)(F)C1. The molecule has 0 bridgehead atoms. The van der Waals surface area contributed by atoms with Crippen molar-refractivity contribution in [2.45, 2.75) is 44.8 Å². The minimum Gasteiger partial charge on any atom is -0.334 e. The van der Waals surface area contributed by atoms with Crippen LogP contribution < -0.4 is 5.32 Å². The van der Waals surface area contributed by atoms with Crippen LogP contribution in [-0.4, -0.2) is 47.4 Å². The van der Waals surface area contributed by atoms with Gasteiger partial charge in [-0.3, -0.25) is 4.90 Å². The number of benzene rings is 1. The van der Waals surface area contributed by atoms with Crippen molar-refractivity contribution < 1.29 is 13.6 Å². The number of amides is 2. The fourth-order valence-corrected chi connectivity index (χ4v) is 3.58. The van der Waals surface area contributed by atoms with Crippen molar-refractivity contribution in [2.75, 3.05) is 19.6 Å². The molecule has 4 nitrogen and oxygen atoms in total. The predicted octanol–water partition coefficient (Wildman–Crippen LogP) is 3.48. The van der Waals surface area contributed by atoms with E-state index in [0.717, 1.165) is 30.5 Å². The highest BCUT2D eigenvalue weighted by Gasteiger charge is 2.43. The van der Waals surface area contributed by atoms with E-state index in [0.29, 0.717) is 18.1 Å². The first-order valence-electron chi connectivity index (χ1n) is 8.26. The summed E-state index contributed by atoms with van der Waals surface area (Å²) >= 11 is 6.06. The average Bonchev–Trinajstić information content (AvgIpc) is 2.91. The van der Waals surface area contributed by atoms with Gasteiger partial charge in [-0.2, -0.15) is 0 Å². The molecule has 132 valence electrons. The summed E-state index contributed by atoms with van der Waals surface area (Å²) in [5.74, 6) is -2.58. The van der Waals surface area contributed by atoms with E-state index in [1.807, 2.05) is 17.9 Å². The molecule has 0 unspecified atom stereocenters. The Morgan fingerprint density at radius 1 is 1.38 bits per heavy atom. The van der Waals surface area contributed by atoms with Gasteiger partial charge in [0.15, 0.2) is 0 Å². The van der Waals surface area contributed by atoms with Gasteiger partial charge in [0, 0.05) is 30.7 Å². The maximum Gasteiger partial charge on any atom is 0.317 e. The number of carbonyl (C=O) groups excluding carboxylic acids is 1. The third-order valence-electron chi connectivity index (χ3n) is 4.72. The van der Waals surface area contributed by atoms with E-state index in [1.165, 1.54) is 0 Å². The number of nitrogens with one attached hydrogen (secondary N) is 1. The fourth-order valence-electron chi connectivity index (χ4n) is 3.38. The van der Waals surface area contributed by atoms with Crippen LogP contribution in [0.2, 0.25) is 5.02 Å². The molecule has 0 radical (unpaired) electrons. The molecule has 2 aliphatic heterocycles. The zero-order valence-corrected chi connectivity index (χ0v) is 14.5. The number of carbonyl (C=O) groups is 1. The van der Waals surface area contributed by atoms with Crippen molar-refractivity contribution in [3.8, 4) is 0 Å². The molecule has 1 aromatic rings. The van der Waals surface area contributed by atoms with Crippen LogP contribution in [0.1, 0.15) is 30.9 Å². The van der Waals surface area contributed by atoms with E-state index in [2.05, 4.69) is 5.32 Å². The van der Waals surface area contributed by atoms with E-state index < -0.39 is 5.92 Å². The lowest BCUT2D eigenvalue weighted by Gasteiger charge is -2.39. The molecule has 1 aromatic carbocycles. The van der Waals surface area contributed by atoms with E-state index in [9.17, 15) is 13.6 Å². The van der Waals surface area contributed by atoms with Crippen LogP contribution in [-0.2, 0) is 13.1 Å². The van der Waals surface area contributed by atoms with Crippen molar-refractivity contribution >= 4 is 17.6 Å². The van der Waals surface area contributed by atoms with Gasteiger partial charge in [0.25, 0.3) is 5.92 Å². The Hall–Kier alpha value is -1.40. The zero-order chi connectivity index (χ0) is 17.3. The average molecular weight is 358 g/mol. The van der Waals surface area contributed by atoms with Crippen LogP contribution in [0.15, 0.2) is 18.2 Å². The lowest BCUT2D eigenvalue weighted by molar-refractivity contribution is -0.133. The Balaban J connectivity index is 1.61. The molecule has 0 aliphatic carbocycles. The first kappa shape index (κ1) is 17.4. The van der Waals surface area contributed by atoms with E-state index in [1.54, 1.807) is 17.0 Å². The number of halogens is 3. The molecule has 2 saturated heterocycles. The maximum absolute atomic E-state index is 13.0. The van der Waals surface area contributed by atoms with E-state index in [-0.39, 0.29) is 25.2 Å². The molecule has 24 heavy (non-hydrogen) atoms. The Bertz CT molecular complexity index is 618. The minimum atomic E-state index is -2.58. The monoisotopic (exact) mass is 357 g/mol. The molecule has 2 fully saturated rings. The van der Waals surface area contributed by atoms with Crippen LogP contribution >= 0.6 is 11.6 Å². The second-order valence-corrected chi connectivity index (χ2v) is 7.19. The van der Waals surface area contributed by atoms with Crippen LogP contribution in [0.3, 0.4) is 0 Å². The first-order chi connectivity index (χ1) is 11.3. The number of hydrogen-bond donors (Lipinski definition) is 1. The largest absolute Gasteiger partial charge is 0.334 e. The van der Waals surface area contributed by atoms with Crippen LogP contribution in [0.25, 0.3) is 0 Å². The van der Waals surface area contributed by atoms with Gasteiger partial charge in [0.2, 0.25) is 0 Å². The van der Waals surface area contributed by atoms with Gasteiger partial charge >= 0.3 is 6.03 Å². The lowest BCUT2D eigenvalue weighted by atomic mass is 10.0. The summed E-state index contributed by atoms with van der Waals surface area (Å²) in [6, 6.07) is 5.57. The van der Waals surface area contributed by atoms with Crippen molar-refractivity contribution in [1.29, 1.82) is 0 Å². The molecule has 0 aromatic heterocycles. The first-order valence-corrected chi connectivity index (χ1v) is 8.64. The second kappa shape index (κ2) is 6.84. The fraction of sp³-hybridized carbons (Fsp3) is 0.588. The summed E-state index contributed by atoms with van der Waals surface area (Å²) in [5.41, 5.74) is 1.79. The molecular weight excluding hydrogens is 336 g/mol. The van der Waals surface area contributed by atoms with E-state index in [4.69, 9.17) is 11.6 Å². The molecule has 0 spiro atoms. The highest BCUT2D eigenvalue weighted by molar-refractivity contribution is 6.30. The highest BCUT2D eigenvalue weighted by atomic mass is 35.5. The molecule has 1 N–H and O–H groups in total. The quantitative estimate of drug-likeness (QED) is 0.895. The normalized spacial score (nSPS) is 23.2. The maximum atomic E-state index is 13.0. The zero-order valence-electron chi connectivity index (χ0n) is 13.7. The van der Waals surface area contributed by atoms with E-state index >= 15 is 0 Å². The topological polar surface area (TPSA) is 35.6 Å². The lowest BCUT2D eigenvalue weighted by Crippen LogP contribution is -2.55. The predicted molar refractivity (Wildman–Crippen MR) is 89.3 cm³/mol. The Labute approximate surface area is 145 Å². The van der Waals surface area contributed by atoms with Gasteiger partial charge in [-0.05, 0) is 43.0 Å². The van der Waals surface area contributed by atoms with Gasteiger partial charge < -0.3 is 10.2 Å².